The van der Waals surface area contributed by atoms with E-state index in [-0.39, 0.29) is 5.41 Å². The van der Waals surface area contributed by atoms with Gasteiger partial charge in [0.1, 0.15) is 0 Å². The van der Waals surface area contributed by atoms with Gasteiger partial charge < -0.3 is 10.5 Å². The topological polar surface area (TPSA) is 35.2 Å². The fraction of sp³-hybridized carbons (Fsp3) is 1.00. The minimum atomic E-state index is 0.241. The van der Waals surface area contributed by atoms with Gasteiger partial charge in [0, 0.05) is 6.61 Å². The van der Waals surface area contributed by atoms with Crippen molar-refractivity contribution in [1.29, 1.82) is 0 Å². The van der Waals surface area contributed by atoms with Crippen molar-refractivity contribution in [2.24, 2.45) is 17.1 Å². The zero-order valence-electron chi connectivity index (χ0n) is 8.47. The van der Waals surface area contributed by atoms with Crippen LogP contribution in [-0.2, 0) is 4.74 Å². The maximum absolute atomic E-state index is 5.77. The molecule has 0 bridgehead atoms. The molecule has 2 nitrogen and oxygen atoms in total. The van der Waals surface area contributed by atoms with Gasteiger partial charge in [-0.3, -0.25) is 0 Å². The Balaban J connectivity index is 2.59. The first kappa shape index (κ1) is 10.0. The summed E-state index contributed by atoms with van der Waals surface area (Å²) >= 11 is 0. The lowest BCUT2D eigenvalue weighted by Gasteiger charge is -2.39. The first-order valence-corrected chi connectivity index (χ1v) is 4.87. The number of hydrogen-bond donors (Lipinski definition) is 1. The average Bonchev–Trinajstić information content (AvgIpc) is 2.03. The van der Waals surface area contributed by atoms with Crippen LogP contribution in [0.4, 0.5) is 0 Å². The Bertz CT molecular complexity index is 139. The van der Waals surface area contributed by atoms with Crippen molar-refractivity contribution in [2.75, 3.05) is 13.2 Å². The van der Waals surface area contributed by atoms with Crippen molar-refractivity contribution in [3.63, 3.8) is 0 Å². The van der Waals surface area contributed by atoms with Gasteiger partial charge in [0.25, 0.3) is 0 Å². The molecule has 1 fully saturated rings. The van der Waals surface area contributed by atoms with Crippen molar-refractivity contribution in [1.82, 2.24) is 0 Å². The second kappa shape index (κ2) is 3.75. The SMILES string of the molecule is CC(C)(C)[C@H]1OCCC[C@@H]1CN. The first-order valence-electron chi connectivity index (χ1n) is 4.87. The van der Waals surface area contributed by atoms with Crippen LogP contribution in [0.25, 0.3) is 0 Å². The highest BCUT2D eigenvalue weighted by Crippen LogP contribution is 2.33. The van der Waals surface area contributed by atoms with Crippen LogP contribution in [0.3, 0.4) is 0 Å². The van der Waals surface area contributed by atoms with Crippen LogP contribution >= 0.6 is 0 Å². The highest BCUT2D eigenvalue weighted by Gasteiger charge is 2.34. The minimum Gasteiger partial charge on any atom is -0.377 e. The van der Waals surface area contributed by atoms with E-state index in [1.165, 1.54) is 12.8 Å². The number of rotatable bonds is 1. The molecular weight excluding hydrogens is 150 g/mol. The zero-order chi connectivity index (χ0) is 9.19. The third-order valence-corrected chi connectivity index (χ3v) is 2.60. The summed E-state index contributed by atoms with van der Waals surface area (Å²) in [4.78, 5) is 0. The molecule has 2 heteroatoms. The van der Waals surface area contributed by atoms with Gasteiger partial charge in [-0.1, -0.05) is 20.8 Å². The lowest BCUT2D eigenvalue weighted by atomic mass is 9.78. The maximum atomic E-state index is 5.77. The fourth-order valence-electron chi connectivity index (χ4n) is 2.04. The van der Waals surface area contributed by atoms with Gasteiger partial charge in [-0.15, -0.1) is 0 Å². The molecule has 0 aromatic carbocycles. The predicted molar refractivity (Wildman–Crippen MR) is 51.0 cm³/mol. The van der Waals surface area contributed by atoms with E-state index in [2.05, 4.69) is 20.8 Å². The largest absolute Gasteiger partial charge is 0.377 e. The number of hydrogen-bond acceptors (Lipinski definition) is 2. The summed E-state index contributed by atoms with van der Waals surface area (Å²) in [7, 11) is 0. The molecule has 2 N–H and O–H groups in total. The summed E-state index contributed by atoms with van der Waals surface area (Å²) < 4.78 is 5.77. The molecule has 2 atom stereocenters. The van der Waals surface area contributed by atoms with Gasteiger partial charge in [-0.2, -0.15) is 0 Å². The number of nitrogens with two attached hydrogens (primary N) is 1. The minimum absolute atomic E-state index is 0.241. The van der Waals surface area contributed by atoms with Crippen molar-refractivity contribution >= 4 is 0 Å². The Labute approximate surface area is 75.5 Å². The molecule has 1 heterocycles. The predicted octanol–water partition coefficient (Wildman–Crippen LogP) is 1.79. The standard InChI is InChI=1S/C10H21NO/c1-10(2,3)9-8(7-11)5-4-6-12-9/h8-9H,4-7,11H2,1-3H3/t8-,9+/m1/s1. The van der Waals surface area contributed by atoms with E-state index in [4.69, 9.17) is 10.5 Å². The molecule has 1 aliphatic rings. The highest BCUT2D eigenvalue weighted by atomic mass is 16.5. The third-order valence-electron chi connectivity index (χ3n) is 2.60. The van der Waals surface area contributed by atoms with E-state index < -0.39 is 0 Å². The summed E-state index contributed by atoms with van der Waals surface area (Å²) in [5.41, 5.74) is 5.95. The summed E-state index contributed by atoms with van der Waals surface area (Å²) in [5.74, 6) is 0.568. The molecule has 0 unspecified atom stereocenters. The van der Waals surface area contributed by atoms with E-state index >= 15 is 0 Å². The molecule has 72 valence electrons. The normalized spacial score (nSPS) is 32.0. The molecule has 1 rings (SSSR count). The molecule has 0 aromatic rings. The van der Waals surface area contributed by atoms with Crippen molar-refractivity contribution < 1.29 is 4.74 Å². The lowest BCUT2D eigenvalue weighted by molar-refractivity contribution is -0.0824. The van der Waals surface area contributed by atoms with Gasteiger partial charge in [-0.05, 0) is 30.7 Å². The van der Waals surface area contributed by atoms with Crippen LogP contribution in [0.1, 0.15) is 33.6 Å². The first-order chi connectivity index (χ1) is 5.55. The van der Waals surface area contributed by atoms with E-state index in [1.807, 2.05) is 0 Å². The Morgan fingerprint density at radius 1 is 1.42 bits per heavy atom. The Hall–Kier alpha value is -0.0800. The van der Waals surface area contributed by atoms with Gasteiger partial charge in [0.05, 0.1) is 6.10 Å². The lowest BCUT2D eigenvalue weighted by Crippen LogP contribution is -2.43. The second-order valence-electron chi connectivity index (χ2n) is 4.80. The molecular formula is C10H21NO. The van der Waals surface area contributed by atoms with Gasteiger partial charge >= 0.3 is 0 Å². The van der Waals surface area contributed by atoms with Crippen molar-refractivity contribution in [3.8, 4) is 0 Å². The second-order valence-corrected chi connectivity index (χ2v) is 4.80. The molecule has 0 saturated carbocycles. The molecule has 0 radical (unpaired) electrons. The Morgan fingerprint density at radius 2 is 2.08 bits per heavy atom. The van der Waals surface area contributed by atoms with Crippen LogP contribution < -0.4 is 5.73 Å². The quantitative estimate of drug-likeness (QED) is 0.652. The van der Waals surface area contributed by atoms with Crippen LogP contribution in [0.2, 0.25) is 0 Å². The van der Waals surface area contributed by atoms with Crippen LogP contribution in [0.5, 0.6) is 0 Å². The Morgan fingerprint density at radius 3 is 2.50 bits per heavy atom. The molecule has 0 amide bonds. The zero-order valence-corrected chi connectivity index (χ0v) is 8.47. The summed E-state index contributed by atoms with van der Waals surface area (Å²) in [6.45, 7) is 8.36. The highest BCUT2D eigenvalue weighted by molar-refractivity contribution is 4.84. The van der Waals surface area contributed by atoms with Crippen LogP contribution in [0.15, 0.2) is 0 Å². The van der Waals surface area contributed by atoms with E-state index in [0.29, 0.717) is 12.0 Å². The van der Waals surface area contributed by atoms with Crippen molar-refractivity contribution in [2.45, 2.75) is 39.7 Å². The van der Waals surface area contributed by atoms with Crippen LogP contribution in [-0.4, -0.2) is 19.3 Å². The summed E-state index contributed by atoms with van der Waals surface area (Å²) in [6, 6.07) is 0. The molecule has 1 aliphatic heterocycles. The molecule has 0 aliphatic carbocycles. The van der Waals surface area contributed by atoms with Gasteiger partial charge in [0.15, 0.2) is 0 Å². The smallest absolute Gasteiger partial charge is 0.0663 e. The molecule has 0 spiro atoms. The van der Waals surface area contributed by atoms with Crippen LogP contribution in [0, 0.1) is 11.3 Å². The third kappa shape index (κ3) is 2.20. The average molecular weight is 171 g/mol. The molecule has 12 heavy (non-hydrogen) atoms. The summed E-state index contributed by atoms with van der Waals surface area (Å²) in [6.07, 6.45) is 2.77. The van der Waals surface area contributed by atoms with E-state index in [1.54, 1.807) is 0 Å². The van der Waals surface area contributed by atoms with Gasteiger partial charge in [0.2, 0.25) is 0 Å². The summed E-state index contributed by atoms with van der Waals surface area (Å²) in [5, 5.41) is 0. The molecule has 0 aromatic heterocycles. The number of ether oxygens (including phenoxy) is 1. The Kier molecular flexibility index (Phi) is 3.13. The monoisotopic (exact) mass is 171 g/mol. The van der Waals surface area contributed by atoms with E-state index in [9.17, 15) is 0 Å². The van der Waals surface area contributed by atoms with E-state index in [0.717, 1.165) is 13.2 Å². The maximum Gasteiger partial charge on any atom is 0.0663 e. The van der Waals surface area contributed by atoms with Crippen molar-refractivity contribution in [3.05, 3.63) is 0 Å². The fourth-order valence-corrected chi connectivity index (χ4v) is 2.04. The van der Waals surface area contributed by atoms with Gasteiger partial charge in [-0.25, -0.2) is 0 Å². The molecule has 1 saturated heterocycles.